The lowest BCUT2D eigenvalue weighted by molar-refractivity contribution is 0.883. The molecule has 2 aliphatic rings. The van der Waals surface area contributed by atoms with Gasteiger partial charge in [0, 0.05) is 38.7 Å². The van der Waals surface area contributed by atoms with Gasteiger partial charge in [-0.1, -0.05) is 48.6 Å². The molecule has 2 unspecified atom stereocenters. The molecule has 3 heterocycles. The largest absolute Gasteiger partial charge is 0.294 e. The van der Waals surface area contributed by atoms with Gasteiger partial charge in [0.05, 0.1) is 5.52 Å². The Morgan fingerprint density at radius 2 is 1.77 bits per heavy atom. The van der Waals surface area contributed by atoms with Crippen LogP contribution in [0.1, 0.15) is 11.5 Å². The molecule has 1 aliphatic heterocycles. The first kappa shape index (κ1) is 14.4. The fraction of sp³-hybridized carbons (Fsp3) is 0.0870. The summed E-state index contributed by atoms with van der Waals surface area (Å²) in [5.74, 6) is 0.483. The lowest BCUT2D eigenvalue weighted by atomic mass is 9.91. The van der Waals surface area contributed by atoms with Gasteiger partial charge in [0.1, 0.15) is 5.65 Å². The number of allylic oxidation sites excluding steroid dienone is 3. The van der Waals surface area contributed by atoms with Gasteiger partial charge in [0.2, 0.25) is 0 Å². The molecule has 2 aromatic carbocycles. The van der Waals surface area contributed by atoms with Crippen LogP contribution in [0.3, 0.4) is 0 Å². The number of pyridine rings is 1. The maximum absolute atomic E-state index is 4.74. The highest BCUT2D eigenvalue weighted by atomic mass is 32.2. The fourth-order valence-electron chi connectivity index (χ4n) is 4.26. The number of nitrogens with zero attached hydrogens (tertiary/aromatic N) is 2. The van der Waals surface area contributed by atoms with E-state index < -0.39 is 0 Å². The molecule has 26 heavy (non-hydrogen) atoms. The standard InChI is InChI=1S/C23H16N2S/c1-2-7-15(8-3-1)25-19-13-12-17-16-9-4-5-11-20(16)26-22(17)21(19)18-10-6-14-24-23(18)25/h1-14,16,20H. The summed E-state index contributed by atoms with van der Waals surface area (Å²) >= 11 is 1.99. The highest BCUT2D eigenvalue weighted by Crippen LogP contribution is 2.52. The highest BCUT2D eigenvalue weighted by Gasteiger charge is 2.33. The molecule has 4 aromatic rings. The van der Waals surface area contributed by atoms with Crippen molar-refractivity contribution in [3.8, 4) is 5.69 Å². The summed E-state index contributed by atoms with van der Waals surface area (Å²) in [5, 5.41) is 3.09. The molecule has 2 aromatic heterocycles. The van der Waals surface area contributed by atoms with Crippen LogP contribution in [0.25, 0.3) is 27.6 Å². The minimum Gasteiger partial charge on any atom is -0.294 e. The molecule has 2 nitrogen and oxygen atoms in total. The number of rotatable bonds is 1. The summed E-state index contributed by atoms with van der Waals surface area (Å²) in [6, 6.07) is 19.4. The first-order valence-corrected chi connectivity index (χ1v) is 9.79. The van der Waals surface area contributed by atoms with Gasteiger partial charge in [-0.05, 0) is 35.9 Å². The van der Waals surface area contributed by atoms with Crippen LogP contribution in [0.15, 0.2) is 90.0 Å². The molecule has 0 N–H and O–H groups in total. The molecule has 6 rings (SSSR count). The first-order valence-electron chi connectivity index (χ1n) is 8.91. The van der Waals surface area contributed by atoms with E-state index in [9.17, 15) is 0 Å². The van der Waals surface area contributed by atoms with Gasteiger partial charge in [0.15, 0.2) is 0 Å². The van der Waals surface area contributed by atoms with E-state index in [1.54, 1.807) is 0 Å². The first-order chi connectivity index (χ1) is 12.9. The van der Waals surface area contributed by atoms with Crippen LogP contribution in [0, 0.1) is 0 Å². The van der Waals surface area contributed by atoms with Gasteiger partial charge in [0.25, 0.3) is 0 Å². The predicted molar refractivity (Wildman–Crippen MR) is 109 cm³/mol. The van der Waals surface area contributed by atoms with Crippen molar-refractivity contribution in [2.24, 2.45) is 0 Å². The van der Waals surface area contributed by atoms with Crippen molar-refractivity contribution in [3.63, 3.8) is 0 Å². The molecule has 124 valence electrons. The average Bonchev–Trinajstić information content (AvgIpc) is 3.24. The molecule has 0 fully saturated rings. The smallest absolute Gasteiger partial charge is 0.145 e. The summed E-state index contributed by atoms with van der Waals surface area (Å²) in [5.41, 5.74) is 4.88. The second-order valence-electron chi connectivity index (χ2n) is 6.80. The Hall–Kier alpha value is -2.78. The summed E-state index contributed by atoms with van der Waals surface area (Å²) in [6.07, 6.45) is 10.9. The number of hydrogen-bond acceptors (Lipinski definition) is 2. The Morgan fingerprint density at radius 3 is 2.69 bits per heavy atom. The summed E-state index contributed by atoms with van der Waals surface area (Å²) in [6.45, 7) is 0. The van der Waals surface area contributed by atoms with Crippen molar-refractivity contribution in [2.45, 2.75) is 16.1 Å². The molecule has 0 radical (unpaired) electrons. The van der Waals surface area contributed by atoms with Gasteiger partial charge < -0.3 is 0 Å². The van der Waals surface area contributed by atoms with E-state index >= 15 is 0 Å². The van der Waals surface area contributed by atoms with Crippen LogP contribution < -0.4 is 0 Å². The van der Waals surface area contributed by atoms with Crippen molar-refractivity contribution >= 4 is 33.7 Å². The number of hydrogen-bond donors (Lipinski definition) is 0. The SMILES string of the molecule is C1=CC2Sc3c(ccc4c3c3cccnc3n4-c3ccccc3)C2C=C1. The van der Waals surface area contributed by atoms with Gasteiger partial charge >= 0.3 is 0 Å². The van der Waals surface area contributed by atoms with Crippen molar-refractivity contribution in [1.29, 1.82) is 0 Å². The van der Waals surface area contributed by atoms with Crippen LogP contribution in [0.2, 0.25) is 0 Å². The van der Waals surface area contributed by atoms with E-state index in [1.807, 2.05) is 24.0 Å². The van der Waals surface area contributed by atoms with Gasteiger partial charge in [-0.2, -0.15) is 0 Å². The second-order valence-corrected chi connectivity index (χ2v) is 7.99. The predicted octanol–water partition coefficient (Wildman–Crippen LogP) is 5.86. The second kappa shape index (κ2) is 5.36. The van der Waals surface area contributed by atoms with Crippen molar-refractivity contribution < 1.29 is 0 Å². The van der Waals surface area contributed by atoms with Crippen molar-refractivity contribution in [1.82, 2.24) is 9.55 Å². The minimum absolute atomic E-state index is 0.483. The number of fused-ring (bicyclic) bond motifs is 7. The molecule has 0 saturated carbocycles. The zero-order valence-corrected chi connectivity index (χ0v) is 14.9. The van der Waals surface area contributed by atoms with Crippen molar-refractivity contribution in [2.75, 3.05) is 0 Å². The third-order valence-electron chi connectivity index (χ3n) is 5.39. The molecule has 2 atom stereocenters. The van der Waals surface area contributed by atoms with Crippen LogP contribution in [0.5, 0.6) is 0 Å². The van der Waals surface area contributed by atoms with E-state index in [-0.39, 0.29) is 0 Å². The monoisotopic (exact) mass is 352 g/mol. The Morgan fingerprint density at radius 1 is 0.885 bits per heavy atom. The van der Waals surface area contributed by atoms with E-state index in [2.05, 4.69) is 77.4 Å². The number of aromatic nitrogens is 2. The molecular weight excluding hydrogens is 336 g/mol. The van der Waals surface area contributed by atoms with Gasteiger partial charge in [-0.25, -0.2) is 4.98 Å². The molecule has 0 saturated heterocycles. The number of para-hydroxylation sites is 1. The van der Waals surface area contributed by atoms with Crippen molar-refractivity contribution in [3.05, 3.63) is 90.7 Å². The third kappa shape index (κ3) is 1.86. The number of benzene rings is 2. The zero-order valence-electron chi connectivity index (χ0n) is 14.0. The molecule has 1 aliphatic carbocycles. The molecular formula is C23H16N2S. The summed E-state index contributed by atoms with van der Waals surface area (Å²) in [7, 11) is 0. The quantitative estimate of drug-likeness (QED) is 0.427. The lowest BCUT2D eigenvalue weighted by Gasteiger charge is -2.14. The van der Waals surface area contributed by atoms with E-state index in [1.165, 1.54) is 26.7 Å². The Labute approximate surface area is 155 Å². The third-order valence-corrected chi connectivity index (χ3v) is 6.78. The minimum atomic E-state index is 0.483. The molecule has 0 spiro atoms. The topological polar surface area (TPSA) is 17.8 Å². The van der Waals surface area contributed by atoms with Crippen LogP contribution >= 0.6 is 11.8 Å². The molecule has 0 amide bonds. The molecule has 3 heteroatoms. The average molecular weight is 352 g/mol. The van der Waals surface area contributed by atoms with Crippen LogP contribution in [-0.2, 0) is 0 Å². The fourth-order valence-corrected chi connectivity index (χ4v) is 5.76. The Kier molecular flexibility index (Phi) is 2.97. The normalized spacial score (nSPS) is 20.6. The van der Waals surface area contributed by atoms with Crippen LogP contribution in [-0.4, -0.2) is 14.8 Å². The lowest BCUT2D eigenvalue weighted by Crippen LogP contribution is -2.06. The Balaban J connectivity index is 1.74. The van der Waals surface area contributed by atoms with Gasteiger partial charge in [-0.15, -0.1) is 11.8 Å². The zero-order chi connectivity index (χ0) is 17.1. The van der Waals surface area contributed by atoms with E-state index in [4.69, 9.17) is 4.98 Å². The number of thioether (sulfide) groups is 1. The summed E-state index contributed by atoms with van der Waals surface area (Å²) < 4.78 is 2.29. The highest BCUT2D eigenvalue weighted by molar-refractivity contribution is 8.00. The van der Waals surface area contributed by atoms with E-state index in [0.717, 1.165) is 11.3 Å². The van der Waals surface area contributed by atoms with E-state index in [0.29, 0.717) is 11.2 Å². The summed E-state index contributed by atoms with van der Waals surface area (Å²) in [4.78, 5) is 6.15. The maximum Gasteiger partial charge on any atom is 0.145 e. The molecule has 0 bridgehead atoms. The van der Waals surface area contributed by atoms with Crippen LogP contribution in [0.4, 0.5) is 0 Å². The van der Waals surface area contributed by atoms with Gasteiger partial charge in [-0.3, -0.25) is 4.57 Å². The Bertz CT molecular complexity index is 1220. The maximum atomic E-state index is 4.74.